The smallest absolute Gasteiger partial charge is 0.326 e. The standard InChI is InChI=1S/C21H22N2O5/c1-3-26-19-12-16(13-22)10-11-18(19)28-15-20(24)23(14-21(25)27-4-2)17-8-6-5-7-9-17/h5-12H,3-4,14-15H2,1-2H3. The number of para-hydroxylation sites is 1. The SMILES string of the molecule is CCOC(=O)CN(C(=O)COc1ccc(C#N)cc1OCC)c1ccccc1. The van der Waals surface area contributed by atoms with Crippen LogP contribution in [0.25, 0.3) is 0 Å². The lowest BCUT2D eigenvalue weighted by molar-refractivity contribution is -0.142. The van der Waals surface area contributed by atoms with E-state index in [1.165, 1.54) is 4.90 Å². The van der Waals surface area contributed by atoms with Crippen LogP contribution < -0.4 is 14.4 Å². The Kier molecular flexibility index (Phi) is 7.85. The van der Waals surface area contributed by atoms with Gasteiger partial charge in [-0.05, 0) is 38.1 Å². The quantitative estimate of drug-likeness (QED) is 0.620. The van der Waals surface area contributed by atoms with Crippen molar-refractivity contribution in [3.8, 4) is 17.6 Å². The molecule has 0 saturated carbocycles. The zero-order valence-electron chi connectivity index (χ0n) is 15.9. The number of benzene rings is 2. The highest BCUT2D eigenvalue weighted by molar-refractivity contribution is 5.98. The van der Waals surface area contributed by atoms with E-state index in [-0.39, 0.29) is 19.8 Å². The predicted molar refractivity (Wildman–Crippen MR) is 103 cm³/mol. The molecule has 2 aromatic carbocycles. The molecule has 0 unspecified atom stereocenters. The molecular weight excluding hydrogens is 360 g/mol. The summed E-state index contributed by atoms with van der Waals surface area (Å²) in [5.41, 5.74) is 0.990. The van der Waals surface area contributed by atoms with Crippen LogP contribution >= 0.6 is 0 Å². The third-order valence-corrected chi connectivity index (χ3v) is 3.69. The van der Waals surface area contributed by atoms with E-state index in [1.54, 1.807) is 49.4 Å². The van der Waals surface area contributed by atoms with Crippen molar-refractivity contribution in [3.63, 3.8) is 0 Å². The number of anilines is 1. The normalized spacial score (nSPS) is 9.89. The zero-order valence-corrected chi connectivity index (χ0v) is 15.9. The zero-order chi connectivity index (χ0) is 20.4. The molecule has 0 N–H and O–H groups in total. The van der Waals surface area contributed by atoms with Crippen LogP contribution in [0.4, 0.5) is 5.69 Å². The number of hydrogen-bond donors (Lipinski definition) is 0. The minimum absolute atomic E-state index is 0.217. The van der Waals surface area contributed by atoms with E-state index in [4.69, 9.17) is 19.5 Å². The average molecular weight is 382 g/mol. The molecule has 0 atom stereocenters. The second-order valence-corrected chi connectivity index (χ2v) is 5.62. The predicted octanol–water partition coefficient (Wildman–Crippen LogP) is 2.93. The lowest BCUT2D eigenvalue weighted by Crippen LogP contribution is -2.39. The summed E-state index contributed by atoms with van der Waals surface area (Å²) in [5, 5.41) is 9.01. The maximum atomic E-state index is 12.7. The van der Waals surface area contributed by atoms with E-state index in [0.717, 1.165) is 0 Å². The van der Waals surface area contributed by atoms with Crippen molar-refractivity contribution in [3.05, 3.63) is 54.1 Å². The Balaban J connectivity index is 2.15. The lowest BCUT2D eigenvalue weighted by Gasteiger charge is -2.22. The number of nitriles is 1. The monoisotopic (exact) mass is 382 g/mol. The number of esters is 1. The molecule has 2 rings (SSSR count). The fourth-order valence-corrected chi connectivity index (χ4v) is 2.45. The van der Waals surface area contributed by atoms with E-state index in [1.807, 2.05) is 19.1 Å². The molecule has 0 aliphatic carbocycles. The Morgan fingerprint density at radius 3 is 2.39 bits per heavy atom. The number of ether oxygens (including phenoxy) is 3. The summed E-state index contributed by atoms with van der Waals surface area (Å²) in [7, 11) is 0. The molecular formula is C21H22N2O5. The molecule has 0 bridgehead atoms. The molecule has 0 radical (unpaired) electrons. The molecule has 0 aliphatic rings. The largest absolute Gasteiger partial charge is 0.490 e. The molecule has 0 aliphatic heterocycles. The third kappa shape index (κ3) is 5.74. The minimum Gasteiger partial charge on any atom is -0.490 e. The maximum absolute atomic E-state index is 12.7. The summed E-state index contributed by atoms with van der Waals surface area (Å²) in [5.74, 6) is -0.191. The van der Waals surface area contributed by atoms with Crippen LogP contribution in [0.2, 0.25) is 0 Å². The van der Waals surface area contributed by atoms with E-state index in [9.17, 15) is 9.59 Å². The van der Waals surface area contributed by atoms with Crippen molar-refractivity contribution in [2.75, 3.05) is 31.3 Å². The first kappa shape index (κ1) is 20.8. The Morgan fingerprint density at radius 2 is 1.75 bits per heavy atom. The molecule has 146 valence electrons. The van der Waals surface area contributed by atoms with Gasteiger partial charge in [-0.1, -0.05) is 18.2 Å². The second kappa shape index (κ2) is 10.6. The van der Waals surface area contributed by atoms with Crippen LogP contribution in [0, 0.1) is 11.3 Å². The van der Waals surface area contributed by atoms with Gasteiger partial charge in [-0.2, -0.15) is 5.26 Å². The number of rotatable bonds is 9. The molecule has 7 nitrogen and oxygen atoms in total. The summed E-state index contributed by atoms with van der Waals surface area (Å²) < 4.78 is 16.1. The highest BCUT2D eigenvalue weighted by Crippen LogP contribution is 2.28. The number of nitrogens with zero attached hydrogens (tertiary/aromatic N) is 2. The molecule has 0 fully saturated rings. The van der Waals surface area contributed by atoms with Crippen molar-refractivity contribution in [2.24, 2.45) is 0 Å². The van der Waals surface area contributed by atoms with Gasteiger partial charge in [-0.15, -0.1) is 0 Å². The Bertz CT molecular complexity index is 846. The minimum atomic E-state index is -0.506. The Labute approximate surface area is 164 Å². The number of carbonyl (C=O) groups is 2. The van der Waals surface area contributed by atoms with Crippen molar-refractivity contribution in [2.45, 2.75) is 13.8 Å². The van der Waals surface area contributed by atoms with E-state index >= 15 is 0 Å². The lowest BCUT2D eigenvalue weighted by atomic mass is 10.2. The van der Waals surface area contributed by atoms with Crippen molar-refractivity contribution in [1.82, 2.24) is 0 Å². The first-order valence-corrected chi connectivity index (χ1v) is 8.89. The average Bonchev–Trinajstić information content (AvgIpc) is 2.72. The highest BCUT2D eigenvalue weighted by atomic mass is 16.5. The highest BCUT2D eigenvalue weighted by Gasteiger charge is 2.21. The Morgan fingerprint density at radius 1 is 1.00 bits per heavy atom. The van der Waals surface area contributed by atoms with Crippen LogP contribution in [-0.4, -0.2) is 38.2 Å². The van der Waals surface area contributed by atoms with E-state index in [2.05, 4.69) is 0 Å². The third-order valence-electron chi connectivity index (χ3n) is 3.69. The molecule has 28 heavy (non-hydrogen) atoms. The summed E-state index contributed by atoms with van der Waals surface area (Å²) >= 11 is 0. The van der Waals surface area contributed by atoms with Gasteiger partial charge in [0.25, 0.3) is 5.91 Å². The van der Waals surface area contributed by atoms with Gasteiger partial charge >= 0.3 is 5.97 Å². The maximum Gasteiger partial charge on any atom is 0.326 e. The number of amides is 1. The summed E-state index contributed by atoms with van der Waals surface area (Å²) in [6.45, 7) is 3.61. The first-order valence-electron chi connectivity index (χ1n) is 8.89. The van der Waals surface area contributed by atoms with E-state index < -0.39 is 11.9 Å². The molecule has 0 saturated heterocycles. The molecule has 7 heteroatoms. The summed E-state index contributed by atoms with van der Waals surface area (Å²) in [6.07, 6.45) is 0. The second-order valence-electron chi connectivity index (χ2n) is 5.62. The molecule has 1 amide bonds. The topological polar surface area (TPSA) is 88.9 Å². The Hall–Kier alpha value is -3.53. The number of hydrogen-bond acceptors (Lipinski definition) is 6. The van der Waals surface area contributed by atoms with Gasteiger partial charge in [-0.25, -0.2) is 0 Å². The summed E-state index contributed by atoms with van der Waals surface area (Å²) in [4.78, 5) is 26.0. The van der Waals surface area contributed by atoms with E-state index in [0.29, 0.717) is 29.4 Å². The first-order chi connectivity index (χ1) is 13.6. The van der Waals surface area contributed by atoms with Gasteiger partial charge in [0.2, 0.25) is 0 Å². The van der Waals surface area contributed by atoms with Gasteiger partial charge in [0, 0.05) is 11.8 Å². The van der Waals surface area contributed by atoms with Gasteiger partial charge in [0.1, 0.15) is 6.54 Å². The van der Waals surface area contributed by atoms with Crippen LogP contribution in [0.15, 0.2) is 48.5 Å². The van der Waals surface area contributed by atoms with Crippen molar-refractivity contribution in [1.29, 1.82) is 5.26 Å². The van der Waals surface area contributed by atoms with Crippen molar-refractivity contribution < 1.29 is 23.8 Å². The van der Waals surface area contributed by atoms with Crippen LogP contribution in [0.3, 0.4) is 0 Å². The molecule has 0 aromatic heterocycles. The van der Waals surface area contributed by atoms with Gasteiger partial charge < -0.3 is 14.2 Å². The number of carbonyl (C=O) groups excluding carboxylic acids is 2. The summed E-state index contributed by atoms with van der Waals surface area (Å²) in [6, 6.07) is 15.6. The fraction of sp³-hybridized carbons (Fsp3) is 0.286. The van der Waals surface area contributed by atoms with Gasteiger partial charge in [0.15, 0.2) is 18.1 Å². The molecule has 0 heterocycles. The fourth-order valence-electron chi connectivity index (χ4n) is 2.45. The molecule has 0 spiro atoms. The van der Waals surface area contributed by atoms with Crippen LogP contribution in [-0.2, 0) is 14.3 Å². The van der Waals surface area contributed by atoms with Gasteiger partial charge in [0.05, 0.1) is 24.8 Å². The van der Waals surface area contributed by atoms with Gasteiger partial charge in [-0.3, -0.25) is 14.5 Å². The van der Waals surface area contributed by atoms with Crippen molar-refractivity contribution >= 4 is 17.6 Å². The molecule has 2 aromatic rings. The van der Waals surface area contributed by atoms with Crippen LogP contribution in [0.5, 0.6) is 11.5 Å². The van der Waals surface area contributed by atoms with Crippen LogP contribution in [0.1, 0.15) is 19.4 Å².